The lowest BCUT2D eigenvalue weighted by atomic mass is 10.1. The molecular weight excluding hydrogens is 152 g/mol. The number of nitrogens with zero attached hydrogens (tertiary/aromatic N) is 1. The molecule has 1 aromatic rings. The number of nitrogens with two attached hydrogens (primary N) is 1. The van der Waals surface area contributed by atoms with E-state index in [1.165, 1.54) is 0 Å². The molecule has 3 nitrogen and oxygen atoms in total. The maximum absolute atomic E-state index is 5.15. The molecule has 0 radical (unpaired) electrons. The van der Waals surface area contributed by atoms with Crippen molar-refractivity contribution in [3.05, 3.63) is 35.4 Å². The van der Waals surface area contributed by atoms with Gasteiger partial charge in [-0.2, -0.15) is 0 Å². The van der Waals surface area contributed by atoms with Crippen molar-refractivity contribution in [1.29, 1.82) is 0 Å². The van der Waals surface area contributed by atoms with E-state index in [2.05, 4.69) is 5.10 Å². The lowest BCUT2D eigenvalue weighted by Gasteiger charge is -2.05. The Morgan fingerprint density at radius 3 is 2.58 bits per heavy atom. The Bertz CT molecular complexity index is 294. The average molecular weight is 164 g/mol. The normalized spacial score (nSPS) is 11.3. The second-order valence-corrected chi connectivity index (χ2v) is 2.45. The molecule has 0 saturated heterocycles. The van der Waals surface area contributed by atoms with Crippen LogP contribution in [-0.2, 0) is 4.74 Å². The van der Waals surface area contributed by atoms with Crippen molar-refractivity contribution < 1.29 is 4.74 Å². The molecule has 0 unspecified atom stereocenters. The number of aryl methyl sites for hydroxylation is 1. The number of hydrogen-bond donors (Lipinski definition) is 1. The molecule has 0 saturated carbocycles. The maximum atomic E-state index is 5.15. The summed E-state index contributed by atoms with van der Waals surface area (Å²) in [6.07, 6.45) is 0. The molecule has 0 aromatic heterocycles. The monoisotopic (exact) mass is 164 g/mol. The van der Waals surface area contributed by atoms with Gasteiger partial charge in [0.05, 0.1) is 7.11 Å². The van der Waals surface area contributed by atoms with Crippen LogP contribution in [0.4, 0.5) is 0 Å². The molecule has 0 amide bonds. The summed E-state index contributed by atoms with van der Waals surface area (Å²) in [6.45, 7) is 1.99. The van der Waals surface area contributed by atoms with Gasteiger partial charge < -0.3 is 10.6 Å². The minimum Gasteiger partial charge on any atom is -0.480 e. The number of methoxy groups -OCH3 is 1. The predicted molar refractivity (Wildman–Crippen MR) is 48.9 cm³/mol. The lowest BCUT2D eigenvalue weighted by molar-refractivity contribution is 0.402. The minimum absolute atomic E-state index is 0.466. The zero-order chi connectivity index (χ0) is 8.97. The fraction of sp³-hybridized carbons (Fsp3) is 0.222. The molecule has 2 N–H and O–H groups in total. The highest BCUT2D eigenvalue weighted by atomic mass is 16.5. The molecule has 0 aliphatic rings. The molecule has 64 valence electrons. The highest BCUT2D eigenvalue weighted by Crippen LogP contribution is 2.08. The summed E-state index contributed by atoms with van der Waals surface area (Å²) in [6, 6.07) is 7.79. The third-order valence-electron chi connectivity index (χ3n) is 1.69. The van der Waals surface area contributed by atoms with Crippen LogP contribution >= 0.6 is 0 Å². The predicted octanol–water partition coefficient (Wildman–Crippen LogP) is 1.26. The van der Waals surface area contributed by atoms with Gasteiger partial charge in [0.1, 0.15) is 0 Å². The minimum atomic E-state index is 0.466. The van der Waals surface area contributed by atoms with E-state index in [1.54, 1.807) is 7.11 Å². The van der Waals surface area contributed by atoms with Gasteiger partial charge in [0.25, 0.3) is 0 Å². The number of hydrogen-bond acceptors (Lipinski definition) is 3. The molecule has 0 aliphatic heterocycles. The first-order valence-electron chi connectivity index (χ1n) is 3.67. The third kappa shape index (κ3) is 1.56. The van der Waals surface area contributed by atoms with Crippen LogP contribution in [0.25, 0.3) is 0 Å². The smallest absolute Gasteiger partial charge is 0.237 e. The number of rotatable bonds is 1. The van der Waals surface area contributed by atoms with E-state index in [9.17, 15) is 0 Å². The summed E-state index contributed by atoms with van der Waals surface area (Å²) in [5.74, 6) is 5.61. The number of ether oxygens (including phenoxy) is 1. The van der Waals surface area contributed by atoms with Crippen LogP contribution in [0.2, 0.25) is 0 Å². The quantitative estimate of drug-likeness (QED) is 0.294. The molecule has 0 atom stereocenters. The van der Waals surface area contributed by atoms with E-state index in [0.29, 0.717) is 5.90 Å². The summed E-state index contributed by atoms with van der Waals surface area (Å²) in [7, 11) is 1.55. The molecule has 0 aliphatic carbocycles. The van der Waals surface area contributed by atoms with Gasteiger partial charge in [0.2, 0.25) is 5.90 Å². The van der Waals surface area contributed by atoms with Crippen molar-refractivity contribution in [3.63, 3.8) is 0 Å². The Morgan fingerprint density at radius 2 is 2.08 bits per heavy atom. The topological polar surface area (TPSA) is 47.6 Å². The van der Waals surface area contributed by atoms with Gasteiger partial charge in [-0.1, -0.05) is 18.2 Å². The van der Waals surface area contributed by atoms with Crippen molar-refractivity contribution >= 4 is 5.90 Å². The Morgan fingerprint density at radius 1 is 1.42 bits per heavy atom. The highest BCUT2D eigenvalue weighted by Gasteiger charge is 2.04. The Labute approximate surface area is 71.8 Å². The highest BCUT2D eigenvalue weighted by molar-refractivity contribution is 5.95. The third-order valence-corrected chi connectivity index (χ3v) is 1.69. The van der Waals surface area contributed by atoms with E-state index >= 15 is 0 Å². The number of hydrazone groups is 1. The van der Waals surface area contributed by atoms with Crippen molar-refractivity contribution in [1.82, 2.24) is 0 Å². The van der Waals surface area contributed by atoms with Crippen LogP contribution in [0.15, 0.2) is 29.4 Å². The van der Waals surface area contributed by atoms with Crippen LogP contribution in [0.1, 0.15) is 11.1 Å². The Hall–Kier alpha value is -1.51. The molecule has 3 heteroatoms. The summed E-state index contributed by atoms with van der Waals surface area (Å²) >= 11 is 0. The molecule has 0 heterocycles. The van der Waals surface area contributed by atoms with E-state index in [-0.39, 0.29) is 0 Å². The molecule has 0 spiro atoms. The maximum Gasteiger partial charge on any atom is 0.237 e. The second kappa shape index (κ2) is 3.76. The van der Waals surface area contributed by atoms with Gasteiger partial charge in [-0.05, 0) is 18.6 Å². The van der Waals surface area contributed by atoms with Crippen LogP contribution in [-0.4, -0.2) is 13.0 Å². The fourth-order valence-corrected chi connectivity index (χ4v) is 1.05. The zero-order valence-corrected chi connectivity index (χ0v) is 7.24. The first kappa shape index (κ1) is 8.59. The molecule has 0 fully saturated rings. The average Bonchev–Trinajstić information content (AvgIpc) is 2.10. The van der Waals surface area contributed by atoms with Crippen molar-refractivity contribution in [2.75, 3.05) is 7.11 Å². The van der Waals surface area contributed by atoms with Gasteiger partial charge in [-0.3, -0.25) is 0 Å². The summed E-state index contributed by atoms with van der Waals surface area (Å²) in [4.78, 5) is 0. The lowest BCUT2D eigenvalue weighted by Crippen LogP contribution is -2.08. The van der Waals surface area contributed by atoms with Crippen molar-refractivity contribution in [3.8, 4) is 0 Å². The van der Waals surface area contributed by atoms with Gasteiger partial charge in [-0.25, -0.2) is 0 Å². The molecular formula is C9H12N2O. The largest absolute Gasteiger partial charge is 0.480 e. The zero-order valence-electron chi connectivity index (χ0n) is 7.24. The van der Waals surface area contributed by atoms with Crippen molar-refractivity contribution in [2.24, 2.45) is 10.9 Å². The van der Waals surface area contributed by atoms with Crippen LogP contribution in [0, 0.1) is 6.92 Å². The SMILES string of the molecule is CO/C(=N/N)c1ccccc1C. The van der Waals surface area contributed by atoms with E-state index in [1.807, 2.05) is 31.2 Å². The van der Waals surface area contributed by atoms with Crippen LogP contribution in [0.5, 0.6) is 0 Å². The number of benzene rings is 1. The first-order chi connectivity index (χ1) is 5.79. The van der Waals surface area contributed by atoms with E-state index in [0.717, 1.165) is 11.1 Å². The molecule has 1 aromatic carbocycles. The van der Waals surface area contributed by atoms with Gasteiger partial charge in [0, 0.05) is 5.56 Å². The fourth-order valence-electron chi connectivity index (χ4n) is 1.05. The van der Waals surface area contributed by atoms with Gasteiger partial charge in [0.15, 0.2) is 0 Å². The van der Waals surface area contributed by atoms with E-state index < -0.39 is 0 Å². The van der Waals surface area contributed by atoms with Gasteiger partial charge in [-0.15, -0.1) is 5.10 Å². The van der Waals surface area contributed by atoms with Gasteiger partial charge >= 0.3 is 0 Å². The first-order valence-corrected chi connectivity index (χ1v) is 3.67. The molecule has 0 bridgehead atoms. The summed E-state index contributed by atoms with van der Waals surface area (Å²) in [5.41, 5.74) is 2.03. The van der Waals surface area contributed by atoms with Crippen LogP contribution < -0.4 is 5.84 Å². The Balaban J connectivity index is 3.10. The summed E-state index contributed by atoms with van der Waals surface area (Å²) in [5, 5.41) is 3.53. The summed E-state index contributed by atoms with van der Waals surface area (Å²) < 4.78 is 4.99. The molecule has 1 rings (SSSR count). The molecule has 12 heavy (non-hydrogen) atoms. The van der Waals surface area contributed by atoms with Crippen LogP contribution in [0.3, 0.4) is 0 Å². The van der Waals surface area contributed by atoms with E-state index in [4.69, 9.17) is 10.6 Å². The Kier molecular flexibility index (Phi) is 2.69. The standard InChI is InChI=1S/C9H12N2O/c1-7-5-3-4-6-8(7)9(11-10)12-2/h3-6H,10H2,1-2H3/b11-9+. The van der Waals surface area contributed by atoms with Crippen molar-refractivity contribution in [2.45, 2.75) is 6.92 Å². The second-order valence-electron chi connectivity index (χ2n) is 2.45.